The van der Waals surface area contributed by atoms with Gasteiger partial charge < -0.3 is 10.1 Å². The zero-order chi connectivity index (χ0) is 13.5. The molecule has 1 N–H and O–H groups in total. The molecule has 0 amide bonds. The minimum atomic E-state index is -0.281. The van der Waals surface area contributed by atoms with Gasteiger partial charge in [-0.2, -0.15) is 0 Å². The van der Waals surface area contributed by atoms with Gasteiger partial charge >= 0.3 is 5.97 Å². The summed E-state index contributed by atoms with van der Waals surface area (Å²) in [5, 5.41) is 3.31. The third kappa shape index (κ3) is 3.76. The summed E-state index contributed by atoms with van der Waals surface area (Å²) in [5.74, 6) is 0.0683. The first kappa shape index (κ1) is 14.6. The molecule has 0 aliphatic rings. The first-order valence-corrected chi connectivity index (χ1v) is 6.58. The molecule has 0 bridgehead atoms. The third-order valence-corrected chi connectivity index (χ3v) is 3.21. The van der Waals surface area contributed by atoms with Crippen LogP contribution in [0.15, 0.2) is 24.3 Å². The van der Waals surface area contributed by atoms with Gasteiger partial charge in [-0.1, -0.05) is 38.5 Å². The Bertz CT molecular complexity index is 390. The second-order valence-corrected chi connectivity index (χ2v) is 4.57. The SMILES string of the molecule is CCOC(=O)C(Nc1ccccc1C)C(C)CC. The monoisotopic (exact) mass is 249 g/mol. The minimum Gasteiger partial charge on any atom is -0.464 e. The van der Waals surface area contributed by atoms with Crippen LogP contribution in [0.2, 0.25) is 0 Å². The summed E-state index contributed by atoms with van der Waals surface area (Å²) < 4.78 is 5.14. The van der Waals surface area contributed by atoms with Crippen LogP contribution in [0.1, 0.15) is 32.8 Å². The van der Waals surface area contributed by atoms with Gasteiger partial charge in [0, 0.05) is 5.69 Å². The fourth-order valence-electron chi connectivity index (χ4n) is 1.80. The molecule has 2 atom stereocenters. The van der Waals surface area contributed by atoms with E-state index in [4.69, 9.17) is 4.74 Å². The molecule has 0 spiro atoms. The van der Waals surface area contributed by atoms with Gasteiger partial charge in [0.2, 0.25) is 0 Å². The highest BCUT2D eigenvalue weighted by molar-refractivity contribution is 5.80. The first-order chi connectivity index (χ1) is 8.60. The van der Waals surface area contributed by atoms with Crippen molar-refractivity contribution < 1.29 is 9.53 Å². The van der Waals surface area contributed by atoms with Crippen LogP contribution in [0, 0.1) is 12.8 Å². The van der Waals surface area contributed by atoms with Crippen LogP contribution < -0.4 is 5.32 Å². The Balaban J connectivity index is 2.85. The molecule has 3 heteroatoms. The lowest BCUT2D eigenvalue weighted by atomic mass is 9.98. The molecule has 18 heavy (non-hydrogen) atoms. The second kappa shape index (κ2) is 7.04. The summed E-state index contributed by atoms with van der Waals surface area (Å²) in [5.41, 5.74) is 2.13. The largest absolute Gasteiger partial charge is 0.464 e. The van der Waals surface area contributed by atoms with Crippen LogP contribution >= 0.6 is 0 Å². The Labute approximate surface area is 110 Å². The van der Waals surface area contributed by atoms with E-state index in [1.807, 2.05) is 38.1 Å². The molecule has 0 radical (unpaired) electrons. The van der Waals surface area contributed by atoms with Gasteiger partial charge in [0.1, 0.15) is 6.04 Å². The number of rotatable bonds is 6. The van der Waals surface area contributed by atoms with Gasteiger partial charge in [-0.25, -0.2) is 4.79 Å². The Morgan fingerprint density at radius 2 is 2.00 bits per heavy atom. The normalized spacial score (nSPS) is 13.8. The quantitative estimate of drug-likeness (QED) is 0.785. The number of nitrogens with one attached hydrogen (secondary N) is 1. The predicted octanol–water partition coefficient (Wildman–Crippen LogP) is 3.38. The van der Waals surface area contributed by atoms with E-state index in [1.54, 1.807) is 0 Å². The molecule has 0 aliphatic carbocycles. The summed E-state index contributed by atoms with van der Waals surface area (Å²) in [6, 6.07) is 7.69. The Kier molecular flexibility index (Phi) is 5.69. The minimum absolute atomic E-state index is 0.171. The zero-order valence-corrected chi connectivity index (χ0v) is 11.7. The summed E-state index contributed by atoms with van der Waals surface area (Å²) in [4.78, 5) is 12.0. The molecule has 0 saturated carbocycles. The van der Waals surface area contributed by atoms with Crippen molar-refractivity contribution in [1.29, 1.82) is 0 Å². The summed E-state index contributed by atoms with van der Waals surface area (Å²) in [6.45, 7) is 8.42. The molecule has 0 aliphatic heterocycles. The maximum absolute atomic E-state index is 12.0. The summed E-state index contributed by atoms with van der Waals surface area (Å²) in [6.07, 6.45) is 0.933. The van der Waals surface area contributed by atoms with Gasteiger partial charge in [0.15, 0.2) is 0 Å². The van der Waals surface area contributed by atoms with E-state index in [0.717, 1.165) is 17.7 Å². The maximum atomic E-state index is 12.0. The van der Waals surface area contributed by atoms with Gasteiger partial charge in [-0.15, -0.1) is 0 Å². The molecule has 3 nitrogen and oxygen atoms in total. The lowest BCUT2D eigenvalue weighted by Crippen LogP contribution is -2.37. The molecular formula is C15H23NO2. The lowest BCUT2D eigenvalue weighted by molar-refractivity contribution is -0.145. The molecule has 0 saturated heterocycles. The number of carbonyl (C=O) groups is 1. The fourth-order valence-corrected chi connectivity index (χ4v) is 1.80. The molecule has 2 unspecified atom stereocenters. The molecule has 0 fully saturated rings. The van der Waals surface area contributed by atoms with Crippen LogP contribution in [0.3, 0.4) is 0 Å². The molecule has 1 rings (SSSR count). The Hall–Kier alpha value is -1.51. The van der Waals surface area contributed by atoms with Crippen molar-refractivity contribution in [2.24, 2.45) is 5.92 Å². The standard InChI is InChI=1S/C15H23NO2/c1-5-11(3)14(15(17)18-6-2)16-13-10-8-7-9-12(13)4/h7-11,14,16H,5-6H2,1-4H3. The fraction of sp³-hybridized carbons (Fsp3) is 0.533. The molecule has 0 aromatic heterocycles. The van der Waals surface area contributed by atoms with E-state index in [0.29, 0.717) is 6.61 Å². The van der Waals surface area contributed by atoms with E-state index in [9.17, 15) is 4.79 Å². The molecule has 100 valence electrons. The van der Waals surface area contributed by atoms with Crippen LogP contribution in [-0.4, -0.2) is 18.6 Å². The van der Waals surface area contributed by atoms with E-state index in [2.05, 4.69) is 19.2 Å². The number of para-hydroxylation sites is 1. The van der Waals surface area contributed by atoms with Crippen molar-refractivity contribution in [2.75, 3.05) is 11.9 Å². The van der Waals surface area contributed by atoms with Crippen molar-refractivity contribution in [3.05, 3.63) is 29.8 Å². The molecule has 1 aromatic carbocycles. The van der Waals surface area contributed by atoms with E-state index in [1.165, 1.54) is 0 Å². The van der Waals surface area contributed by atoms with Crippen LogP contribution in [0.25, 0.3) is 0 Å². The van der Waals surface area contributed by atoms with Gasteiger partial charge in [0.25, 0.3) is 0 Å². The average Bonchev–Trinajstić information content (AvgIpc) is 2.37. The van der Waals surface area contributed by atoms with Crippen molar-refractivity contribution in [2.45, 2.75) is 40.2 Å². The average molecular weight is 249 g/mol. The summed E-state index contributed by atoms with van der Waals surface area (Å²) in [7, 11) is 0. The van der Waals surface area contributed by atoms with E-state index < -0.39 is 0 Å². The number of carbonyl (C=O) groups excluding carboxylic acids is 1. The number of ether oxygens (including phenoxy) is 1. The number of anilines is 1. The topological polar surface area (TPSA) is 38.3 Å². The number of hydrogen-bond donors (Lipinski definition) is 1. The highest BCUT2D eigenvalue weighted by Gasteiger charge is 2.25. The van der Waals surface area contributed by atoms with E-state index >= 15 is 0 Å². The molecule has 1 aromatic rings. The van der Waals surface area contributed by atoms with Crippen molar-refractivity contribution >= 4 is 11.7 Å². The van der Waals surface area contributed by atoms with Crippen LogP contribution in [-0.2, 0) is 9.53 Å². The number of aryl methyl sites for hydroxylation is 1. The lowest BCUT2D eigenvalue weighted by Gasteiger charge is -2.24. The number of hydrogen-bond acceptors (Lipinski definition) is 3. The maximum Gasteiger partial charge on any atom is 0.328 e. The number of benzene rings is 1. The van der Waals surface area contributed by atoms with Crippen LogP contribution in [0.4, 0.5) is 5.69 Å². The van der Waals surface area contributed by atoms with Crippen LogP contribution in [0.5, 0.6) is 0 Å². The van der Waals surface area contributed by atoms with Gasteiger partial charge in [0.05, 0.1) is 6.61 Å². The highest BCUT2D eigenvalue weighted by Crippen LogP contribution is 2.19. The van der Waals surface area contributed by atoms with Gasteiger partial charge in [-0.3, -0.25) is 0 Å². The van der Waals surface area contributed by atoms with Crippen molar-refractivity contribution in [3.63, 3.8) is 0 Å². The third-order valence-electron chi connectivity index (χ3n) is 3.21. The van der Waals surface area contributed by atoms with Crippen molar-refractivity contribution in [1.82, 2.24) is 0 Å². The highest BCUT2D eigenvalue weighted by atomic mass is 16.5. The Morgan fingerprint density at radius 3 is 2.56 bits per heavy atom. The number of esters is 1. The zero-order valence-electron chi connectivity index (χ0n) is 11.7. The molecular weight excluding hydrogens is 226 g/mol. The smallest absolute Gasteiger partial charge is 0.328 e. The molecule has 0 heterocycles. The Morgan fingerprint density at radius 1 is 1.33 bits per heavy atom. The first-order valence-electron chi connectivity index (χ1n) is 6.58. The second-order valence-electron chi connectivity index (χ2n) is 4.57. The van der Waals surface area contributed by atoms with Crippen molar-refractivity contribution in [3.8, 4) is 0 Å². The summed E-state index contributed by atoms with van der Waals surface area (Å²) >= 11 is 0. The van der Waals surface area contributed by atoms with E-state index in [-0.39, 0.29) is 17.9 Å². The predicted molar refractivity (Wildman–Crippen MR) is 74.7 cm³/mol. The van der Waals surface area contributed by atoms with Gasteiger partial charge in [-0.05, 0) is 31.4 Å².